The van der Waals surface area contributed by atoms with Crippen molar-refractivity contribution in [3.63, 3.8) is 0 Å². The summed E-state index contributed by atoms with van der Waals surface area (Å²) in [5.41, 5.74) is 3.07. The van der Waals surface area contributed by atoms with Crippen molar-refractivity contribution in [2.24, 2.45) is 0 Å². The summed E-state index contributed by atoms with van der Waals surface area (Å²) in [7, 11) is 0. The molecule has 30 heavy (non-hydrogen) atoms. The second kappa shape index (κ2) is 9.94. The van der Waals surface area contributed by atoms with Gasteiger partial charge in [0.15, 0.2) is 0 Å². The second-order valence-corrected chi connectivity index (χ2v) is 8.94. The van der Waals surface area contributed by atoms with E-state index in [2.05, 4.69) is 24.3 Å². The lowest BCUT2D eigenvalue weighted by molar-refractivity contribution is -0.131. The number of carbonyl (C=O) groups is 1. The van der Waals surface area contributed by atoms with E-state index < -0.39 is 0 Å². The van der Waals surface area contributed by atoms with Gasteiger partial charge in [-0.2, -0.15) is 11.8 Å². The van der Waals surface area contributed by atoms with Crippen LogP contribution in [0.25, 0.3) is 0 Å². The number of amides is 1. The molecule has 0 aliphatic carbocycles. The molecule has 4 heteroatoms. The van der Waals surface area contributed by atoms with E-state index in [0.717, 1.165) is 28.9 Å². The van der Waals surface area contributed by atoms with Crippen LogP contribution in [0.4, 0.5) is 4.39 Å². The standard InChI is InChI=1S/C26H26FNOS/c27-24-14-8-7-13-22(24)25-15-16-28(17-18-30-25)26(29)19-23(20-9-3-1-4-10-20)21-11-5-2-6-12-21/h1-14,23,25H,15-19H2. The predicted molar refractivity (Wildman–Crippen MR) is 122 cm³/mol. The highest BCUT2D eigenvalue weighted by atomic mass is 32.2. The largest absolute Gasteiger partial charge is 0.342 e. The van der Waals surface area contributed by atoms with E-state index in [-0.39, 0.29) is 22.9 Å². The van der Waals surface area contributed by atoms with Gasteiger partial charge in [0.1, 0.15) is 5.82 Å². The summed E-state index contributed by atoms with van der Waals surface area (Å²) >= 11 is 1.75. The van der Waals surface area contributed by atoms with Crippen LogP contribution in [0.1, 0.15) is 40.7 Å². The highest BCUT2D eigenvalue weighted by Gasteiger charge is 2.26. The Balaban J connectivity index is 1.47. The minimum absolute atomic E-state index is 0.0400. The van der Waals surface area contributed by atoms with Crippen molar-refractivity contribution in [2.45, 2.75) is 24.0 Å². The smallest absolute Gasteiger partial charge is 0.223 e. The van der Waals surface area contributed by atoms with Gasteiger partial charge in [-0.3, -0.25) is 4.79 Å². The Morgan fingerprint density at radius 3 is 2.13 bits per heavy atom. The third-order valence-corrected chi connectivity index (χ3v) is 7.04. The van der Waals surface area contributed by atoms with Gasteiger partial charge in [0.2, 0.25) is 5.91 Å². The monoisotopic (exact) mass is 419 g/mol. The molecule has 0 aromatic heterocycles. The third-order valence-electron chi connectivity index (χ3n) is 5.73. The van der Waals surface area contributed by atoms with Crippen LogP contribution < -0.4 is 0 Å². The molecule has 3 aromatic rings. The molecule has 2 nitrogen and oxygen atoms in total. The maximum atomic E-state index is 14.2. The molecule has 0 saturated carbocycles. The van der Waals surface area contributed by atoms with Crippen LogP contribution in [0.2, 0.25) is 0 Å². The van der Waals surface area contributed by atoms with Gasteiger partial charge in [-0.1, -0.05) is 78.9 Å². The van der Waals surface area contributed by atoms with Crippen LogP contribution in [0.15, 0.2) is 84.9 Å². The zero-order valence-electron chi connectivity index (χ0n) is 16.9. The van der Waals surface area contributed by atoms with E-state index in [4.69, 9.17) is 0 Å². The second-order valence-electron chi connectivity index (χ2n) is 7.63. The Labute approximate surface area is 182 Å². The SMILES string of the molecule is O=C(CC(c1ccccc1)c1ccccc1)N1CCSC(c2ccccc2F)CC1. The van der Waals surface area contributed by atoms with Crippen molar-refractivity contribution >= 4 is 17.7 Å². The number of hydrogen-bond acceptors (Lipinski definition) is 2. The summed E-state index contributed by atoms with van der Waals surface area (Å²) in [5, 5.41) is 0.100. The Kier molecular flexibility index (Phi) is 6.85. The zero-order valence-corrected chi connectivity index (χ0v) is 17.7. The van der Waals surface area contributed by atoms with E-state index in [1.165, 1.54) is 6.07 Å². The molecule has 0 spiro atoms. The minimum atomic E-state index is -0.150. The van der Waals surface area contributed by atoms with E-state index in [1.54, 1.807) is 17.8 Å². The quantitative estimate of drug-likeness (QED) is 0.501. The van der Waals surface area contributed by atoms with E-state index >= 15 is 0 Å². The van der Waals surface area contributed by atoms with Crippen LogP contribution in [0.5, 0.6) is 0 Å². The molecule has 1 aliphatic heterocycles. The third kappa shape index (κ3) is 4.93. The molecule has 3 aromatic carbocycles. The van der Waals surface area contributed by atoms with Crippen LogP contribution in [-0.2, 0) is 4.79 Å². The average molecular weight is 420 g/mol. The molecule has 1 fully saturated rings. The number of carbonyl (C=O) groups excluding carboxylic acids is 1. The van der Waals surface area contributed by atoms with Crippen molar-refractivity contribution in [2.75, 3.05) is 18.8 Å². The van der Waals surface area contributed by atoms with E-state index in [9.17, 15) is 9.18 Å². The fourth-order valence-electron chi connectivity index (χ4n) is 4.11. The lowest BCUT2D eigenvalue weighted by Crippen LogP contribution is -2.34. The molecule has 0 radical (unpaired) electrons. The highest BCUT2D eigenvalue weighted by Crippen LogP contribution is 2.36. The molecular weight excluding hydrogens is 393 g/mol. The maximum absolute atomic E-state index is 14.2. The summed E-state index contributed by atoms with van der Waals surface area (Å²) in [6.07, 6.45) is 1.22. The van der Waals surface area contributed by atoms with Gasteiger partial charge in [-0.25, -0.2) is 4.39 Å². The minimum Gasteiger partial charge on any atom is -0.342 e. The van der Waals surface area contributed by atoms with Gasteiger partial charge in [0, 0.05) is 42.0 Å². The van der Waals surface area contributed by atoms with Crippen molar-refractivity contribution < 1.29 is 9.18 Å². The average Bonchev–Trinajstić information content (AvgIpc) is 3.05. The van der Waals surface area contributed by atoms with Gasteiger partial charge >= 0.3 is 0 Å². The summed E-state index contributed by atoms with van der Waals surface area (Å²) in [6.45, 7) is 1.38. The van der Waals surface area contributed by atoms with Crippen molar-refractivity contribution in [3.8, 4) is 0 Å². The molecule has 1 aliphatic rings. The van der Waals surface area contributed by atoms with Gasteiger partial charge in [0.05, 0.1) is 0 Å². The molecule has 1 saturated heterocycles. The highest BCUT2D eigenvalue weighted by molar-refractivity contribution is 7.99. The van der Waals surface area contributed by atoms with Crippen molar-refractivity contribution in [1.29, 1.82) is 0 Å². The van der Waals surface area contributed by atoms with Crippen LogP contribution in [0.3, 0.4) is 0 Å². The molecule has 0 N–H and O–H groups in total. The van der Waals surface area contributed by atoms with Crippen molar-refractivity contribution in [1.82, 2.24) is 4.90 Å². The Bertz CT molecular complexity index is 924. The zero-order chi connectivity index (χ0) is 20.8. The first-order valence-corrected chi connectivity index (χ1v) is 11.5. The first kappa shape index (κ1) is 20.7. The lowest BCUT2D eigenvalue weighted by atomic mass is 9.88. The first-order valence-electron chi connectivity index (χ1n) is 10.5. The number of halogens is 1. The van der Waals surface area contributed by atoms with Crippen LogP contribution in [-0.4, -0.2) is 29.6 Å². The molecule has 1 heterocycles. The summed E-state index contributed by atoms with van der Waals surface area (Å²) in [6, 6.07) is 27.5. The van der Waals surface area contributed by atoms with Gasteiger partial charge < -0.3 is 4.90 Å². The number of nitrogens with zero attached hydrogens (tertiary/aromatic N) is 1. The summed E-state index contributed by atoms with van der Waals surface area (Å²) in [4.78, 5) is 15.2. The lowest BCUT2D eigenvalue weighted by Gasteiger charge is -2.24. The van der Waals surface area contributed by atoms with E-state index in [1.807, 2.05) is 53.4 Å². The number of rotatable bonds is 5. The fraction of sp³-hybridized carbons (Fsp3) is 0.269. The number of thioether (sulfide) groups is 1. The summed E-state index contributed by atoms with van der Waals surface area (Å²) in [5.74, 6) is 0.884. The molecule has 1 unspecified atom stereocenters. The predicted octanol–water partition coefficient (Wildman–Crippen LogP) is 6.05. The maximum Gasteiger partial charge on any atom is 0.223 e. The molecule has 154 valence electrons. The summed E-state index contributed by atoms with van der Waals surface area (Å²) < 4.78 is 14.2. The molecule has 0 bridgehead atoms. The Morgan fingerprint density at radius 1 is 0.900 bits per heavy atom. The molecule has 4 rings (SSSR count). The Morgan fingerprint density at radius 2 is 1.50 bits per heavy atom. The Hall–Kier alpha value is -2.59. The molecular formula is C26H26FNOS. The van der Waals surface area contributed by atoms with Crippen molar-refractivity contribution in [3.05, 3.63) is 107 Å². The van der Waals surface area contributed by atoms with Crippen LogP contribution >= 0.6 is 11.8 Å². The van der Waals surface area contributed by atoms with Gasteiger partial charge in [-0.15, -0.1) is 0 Å². The van der Waals surface area contributed by atoms with Gasteiger partial charge in [0.25, 0.3) is 0 Å². The first-order chi connectivity index (χ1) is 14.7. The molecule has 1 atom stereocenters. The number of hydrogen-bond donors (Lipinski definition) is 0. The van der Waals surface area contributed by atoms with Gasteiger partial charge in [-0.05, 0) is 23.6 Å². The molecule has 1 amide bonds. The fourth-order valence-corrected chi connectivity index (χ4v) is 5.36. The number of benzene rings is 3. The van der Waals surface area contributed by atoms with E-state index in [0.29, 0.717) is 19.5 Å². The van der Waals surface area contributed by atoms with Crippen LogP contribution in [0, 0.1) is 5.82 Å². The topological polar surface area (TPSA) is 20.3 Å². The normalized spacial score (nSPS) is 17.0.